The number of nitro benzene ring substituents is 1. The van der Waals surface area contributed by atoms with Crippen molar-refractivity contribution < 1.29 is 19.2 Å². The van der Waals surface area contributed by atoms with E-state index in [1.54, 1.807) is 6.92 Å². The summed E-state index contributed by atoms with van der Waals surface area (Å²) in [7, 11) is 0. The molecule has 2 aromatic carbocycles. The Labute approximate surface area is 144 Å². The lowest BCUT2D eigenvalue weighted by Gasteiger charge is -2.15. The molecule has 2 aromatic rings. The maximum atomic E-state index is 12.5. The van der Waals surface area contributed by atoms with Crippen molar-refractivity contribution in [2.45, 2.75) is 13.3 Å². The van der Waals surface area contributed by atoms with E-state index in [9.17, 15) is 19.7 Å². The zero-order valence-corrected chi connectivity index (χ0v) is 13.7. The van der Waals surface area contributed by atoms with E-state index in [0.29, 0.717) is 5.69 Å². The molecule has 25 heavy (non-hydrogen) atoms. The zero-order valence-electron chi connectivity index (χ0n) is 13.7. The van der Waals surface area contributed by atoms with Gasteiger partial charge in [-0.25, -0.2) is 0 Å². The van der Waals surface area contributed by atoms with Gasteiger partial charge >= 0.3 is 5.97 Å². The molecule has 0 aliphatic carbocycles. The number of benzene rings is 2. The molecule has 0 heterocycles. The molecule has 0 saturated carbocycles. The van der Waals surface area contributed by atoms with Crippen molar-refractivity contribution in [1.29, 1.82) is 0 Å². The molecule has 7 nitrogen and oxygen atoms in total. The molecule has 2 rings (SSSR count). The monoisotopic (exact) mass is 342 g/mol. The normalized spacial score (nSPS) is 11.4. The number of amides is 1. The van der Waals surface area contributed by atoms with E-state index in [0.717, 1.165) is 5.56 Å². The predicted octanol–water partition coefficient (Wildman–Crippen LogP) is 2.96. The largest absolute Gasteiger partial charge is 0.465 e. The minimum atomic E-state index is -1.00. The summed E-state index contributed by atoms with van der Waals surface area (Å²) in [5.41, 5.74) is 1.13. The molecule has 1 N–H and O–H groups in total. The van der Waals surface area contributed by atoms with Gasteiger partial charge in [-0.15, -0.1) is 0 Å². The van der Waals surface area contributed by atoms with E-state index in [1.807, 2.05) is 30.3 Å². The third-order valence-electron chi connectivity index (χ3n) is 3.52. The fourth-order valence-electron chi connectivity index (χ4n) is 2.27. The van der Waals surface area contributed by atoms with Crippen molar-refractivity contribution in [3.05, 3.63) is 70.3 Å². The molecule has 0 aliphatic heterocycles. The van der Waals surface area contributed by atoms with Crippen LogP contribution in [0.2, 0.25) is 0 Å². The summed E-state index contributed by atoms with van der Waals surface area (Å²) >= 11 is 0. The number of hydrogen-bond acceptors (Lipinski definition) is 5. The Morgan fingerprint density at radius 1 is 1.12 bits per heavy atom. The molecule has 0 fully saturated rings. The van der Waals surface area contributed by atoms with E-state index >= 15 is 0 Å². The van der Waals surface area contributed by atoms with Crippen LogP contribution in [0.4, 0.5) is 11.4 Å². The Balaban J connectivity index is 2.13. The molecule has 0 radical (unpaired) electrons. The Kier molecular flexibility index (Phi) is 6.22. The Bertz CT molecular complexity index is 744. The molecular weight excluding hydrogens is 324 g/mol. The molecule has 1 atom stereocenters. The fourth-order valence-corrected chi connectivity index (χ4v) is 2.27. The van der Waals surface area contributed by atoms with Crippen LogP contribution < -0.4 is 5.32 Å². The number of carbonyl (C=O) groups excluding carboxylic acids is 2. The summed E-state index contributed by atoms with van der Waals surface area (Å²) in [6.07, 6.45) is 0.207. The van der Waals surface area contributed by atoms with Crippen LogP contribution >= 0.6 is 0 Å². The van der Waals surface area contributed by atoms with E-state index in [2.05, 4.69) is 5.32 Å². The number of non-ortho nitro benzene ring substituents is 1. The van der Waals surface area contributed by atoms with Crippen molar-refractivity contribution in [1.82, 2.24) is 0 Å². The minimum absolute atomic E-state index is 0.0794. The number of hydrogen-bond donors (Lipinski definition) is 1. The molecule has 7 heteroatoms. The van der Waals surface area contributed by atoms with Crippen LogP contribution in [-0.2, 0) is 20.7 Å². The molecule has 0 saturated heterocycles. The van der Waals surface area contributed by atoms with Gasteiger partial charge in [-0.3, -0.25) is 19.7 Å². The minimum Gasteiger partial charge on any atom is -0.465 e. The lowest BCUT2D eigenvalue weighted by molar-refractivity contribution is -0.384. The van der Waals surface area contributed by atoms with Gasteiger partial charge in [0, 0.05) is 17.8 Å². The zero-order chi connectivity index (χ0) is 18.2. The number of carbonyl (C=O) groups is 2. The Morgan fingerprint density at radius 3 is 2.32 bits per heavy atom. The molecule has 0 bridgehead atoms. The van der Waals surface area contributed by atoms with Crippen molar-refractivity contribution >= 4 is 23.3 Å². The van der Waals surface area contributed by atoms with Gasteiger partial charge in [-0.05, 0) is 31.0 Å². The van der Waals surface area contributed by atoms with E-state index in [1.165, 1.54) is 24.3 Å². The van der Waals surface area contributed by atoms with Gasteiger partial charge in [-0.1, -0.05) is 30.3 Å². The van der Waals surface area contributed by atoms with E-state index < -0.39 is 22.7 Å². The van der Waals surface area contributed by atoms with Crippen molar-refractivity contribution in [2.24, 2.45) is 5.92 Å². The lowest BCUT2D eigenvalue weighted by atomic mass is 9.98. The molecule has 1 amide bonds. The van der Waals surface area contributed by atoms with Crippen LogP contribution in [0.1, 0.15) is 12.5 Å². The Hall–Kier alpha value is -3.22. The van der Waals surface area contributed by atoms with Gasteiger partial charge in [0.15, 0.2) is 0 Å². The summed E-state index contributed by atoms with van der Waals surface area (Å²) < 4.78 is 5.00. The first-order valence-electron chi connectivity index (χ1n) is 7.77. The number of nitrogens with one attached hydrogen (secondary N) is 1. The van der Waals surface area contributed by atoms with Gasteiger partial charge < -0.3 is 10.1 Å². The van der Waals surface area contributed by atoms with Crippen molar-refractivity contribution in [2.75, 3.05) is 11.9 Å². The third kappa shape index (κ3) is 5.13. The van der Waals surface area contributed by atoms with Crippen molar-refractivity contribution in [3.8, 4) is 0 Å². The summed E-state index contributed by atoms with van der Waals surface area (Å²) in [4.78, 5) is 34.8. The Morgan fingerprint density at radius 2 is 1.76 bits per heavy atom. The number of rotatable bonds is 7. The summed E-state index contributed by atoms with van der Waals surface area (Å²) in [6.45, 7) is 1.85. The smallest absolute Gasteiger partial charge is 0.318 e. The number of anilines is 1. The van der Waals surface area contributed by atoms with Crippen LogP contribution in [0, 0.1) is 16.0 Å². The highest BCUT2D eigenvalue weighted by molar-refractivity contribution is 6.05. The SMILES string of the molecule is CCOC(=O)[C@@H](Cc1ccccc1)C(=O)Nc1ccc([N+](=O)[O-])cc1. The van der Waals surface area contributed by atoms with Crippen LogP contribution in [0.5, 0.6) is 0 Å². The average Bonchev–Trinajstić information content (AvgIpc) is 2.61. The first-order valence-corrected chi connectivity index (χ1v) is 7.77. The van der Waals surface area contributed by atoms with Gasteiger partial charge in [-0.2, -0.15) is 0 Å². The second-order valence-corrected chi connectivity index (χ2v) is 5.29. The predicted molar refractivity (Wildman–Crippen MR) is 92.0 cm³/mol. The third-order valence-corrected chi connectivity index (χ3v) is 3.52. The van der Waals surface area contributed by atoms with Crippen LogP contribution in [0.25, 0.3) is 0 Å². The summed E-state index contributed by atoms with van der Waals surface area (Å²) in [5.74, 6) is -2.13. The number of ether oxygens (including phenoxy) is 1. The first kappa shape index (κ1) is 18.1. The lowest BCUT2D eigenvalue weighted by Crippen LogP contribution is -2.33. The van der Waals surface area contributed by atoms with Gasteiger partial charge in [0.05, 0.1) is 11.5 Å². The summed E-state index contributed by atoms with van der Waals surface area (Å²) in [6, 6.07) is 14.5. The summed E-state index contributed by atoms with van der Waals surface area (Å²) in [5, 5.41) is 13.3. The van der Waals surface area contributed by atoms with Crippen LogP contribution in [0.3, 0.4) is 0 Å². The van der Waals surface area contributed by atoms with Gasteiger partial charge in [0.2, 0.25) is 5.91 Å². The fraction of sp³-hybridized carbons (Fsp3) is 0.222. The van der Waals surface area contributed by atoms with Gasteiger partial charge in [0.25, 0.3) is 5.69 Å². The quantitative estimate of drug-likeness (QED) is 0.361. The highest BCUT2D eigenvalue weighted by Gasteiger charge is 2.28. The molecule has 0 aliphatic rings. The molecule has 130 valence electrons. The maximum absolute atomic E-state index is 12.5. The van der Waals surface area contributed by atoms with E-state index in [-0.39, 0.29) is 18.7 Å². The molecular formula is C18H18N2O5. The second kappa shape index (κ2) is 8.58. The first-order chi connectivity index (χ1) is 12.0. The molecule has 0 spiro atoms. The number of nitro groups is 1. The van der Waals surface area contributed by atoms with Gasteiger partial charge in [0.1, 0.15) is 5.92 Å². The number of nitrogens with zero attached hydrogens (tertiary/aromatic N) is 1. The molecule has 0 unspecified atom stereocenters. The topological polar surface area (TPSA) is 98.5 Å². The maximum Gasteiger partial charge on any atom is 0.318 e. The highest BCUT2D eigenvalue weighted by Crippen LogP contribution is 2.18. The van der Waals surface area contributed by atoms with Crippen molar-refractivity contribution in [3.63, 3.8) is 0 Å². The number of esters is 1. The second-order valence-electron chi connectivity index (χ2n) is 5.29. The van der Waals surface area contributed by atoms with Crippen LogP contribution in [-0.4, -0.2) is 23.4 Å². The molecule has 0 aromatic heterocycles. The highest BCUT2D eigenvalue weighted by atomic mass is 16.6. The van der Waals surface area contributed by atoms with Crippen LogP contribution in [0.15, 0.2) is 54.6 Å². The standard InChI is InChI=1S/C18H18N2O5/c1-2-25-18(22)16(12-13-6-4-3-5-7-13)17(21)19-14-8-10-15(11-9-14)20(23)24/h3-11,16H,2,12H2,1H3,(H,19,21)/t16-/m0/s1. The van der Waals surface area contributed by atoms with E-state index in [4.69, 9.17) is 4.74 Å². The average molecular weight is 342 g/mol.